The van der Waals surface area contributed by atoms with Gasteiger partial charge < -0.3 is 0 Å². The largest absolute Gasteiger partial charge is 0.0616 e. The molecular formula is C10H8Cl2Ru. The summed E-state index contributed by atoms with van der Waals surface area (Å²) in [7, 11) is 9.71. The van der Waals surface area contributed by atoms with Gasteiger partial charge in [0, 0.05) is 0 Å². The summed E-state index contributed by atoms with van der Waals surface area (Å²) in [6.45, 7) is 0. The molecule has 2 rings (SSSR count). The van der Waals surface area contributed by atoms with Crippen LogP contribution in [-0.2, 0) is 15.1 Å². The van der Waals surface area contributed by atoms with Crippen molar-refractivity contribution in [2.24, 2.45) is 0 Å². The zero-order valence-electron chi connectivity index (χ0n) is 6.73. The van der Waals surface area contributed by atoms with Crippen LogP contribution in [0, 0.1) is 0 Å². The molecule has 0 saturated heterocycles. The Labute approximate surface area is 93.5 Å². The maximum atomic E-state index is 4.85. The number of rotatable bonds is 0. The summed E-state index contributed by atoms with van der Waals surface area (Å²) >= 11 is -0.346. The molecule has 3 heteroatoms. The Kier molecular flexibility index (Phi) is 5.38. The van der Waals surface area contributed by atoms with Gasteiger partial charge in [-0.3, -0.25) is 0 Å². The molecule has 0 aliphatic carbocycles. The first-order valence-electron chi connectivity index (χ1n) is 3.67. The van der Waals surface area contributed by atoms with E-state index < -0.39 is 0 Å². The van der Waals surface area contributed by atoms with Crippen LogP contribution in [0.2, 0.25) is 0 Å². The molecule has 0 fully saturated rings. The molecule has 0 aromatic heterocycles. The van der Waals surface area contributed by atoms with Crippen LogP contribution in [-0.4, -0.2) is 0 Å². The zero-order valence-corrected chi connectivity index (χ0v) is 9.98. The van der Waals surface area contributed by atoms with Gasteiger partial charge in [0.05, 0.1) is 0 Å². The molecule has 0 heterocycles. The van der Waals surface area contributed by atoms with Crippen LogP contribution in [0.15, 0.2) is 48.5 Å². The molecule has 0 spiro atoms. The van der Waals surface area contributed by atoms with Gasteiger partial charge in [0.1, 0.15) is 0 Å². The van der Waals surface area contributed by atoms with Crippen LogP contribution in [0.1, 0.15) is 0 Å². The molecule has 0 bridgehead atoms. The van der Waals surface area contributed by atoms with Crippen molar-refractivity contribution in [3.8, 4) is 0 Å². The Morgan fingerprint density at radius 3 is 1.15 bits per heavy atom. The quantitative estimate of drug-likeness (QED) is 0.639. The van der Waals surface area contributed by atoms with E-state index in [1.54, 1.807) is 0 Å². The van der Waals surface area contributed by atoms with Crippen molar-refractivity contribution in [1.29, 1.82) is 0 Å². The molecule has 0 nitrogen and oxygen atoms in total. The van der Waals surface area contributed by atoms with Gasteiger partial charge in [0.25, 0.3) is 0 Å². The molecule has 2 aromatic rings. The Hall–Kier alpha value is -0.0966. The van der Waals surface area contributed by atoms with Crippen LogP contribution in [0.4, 0.5) is 0 Å². The molecule has 2 aromatic carbocycles. The third kappa shape index (κ3) is 3.64. The molecule has 0 aliphatic rings. The van der Waals surface area contributed by atoms with E-state index in [1.165, 1.54) is 10.8 Å². The maximum Gasteiger partial charge on any atom is -0.0184 e. The van der Waals surface area contributed by atoms with Gasteiger partial charge in [-0.25, -0.2) is 0 Å². The van der Waals surface area contributed by atoms with Crippen molar-refractivity contribution in [2.45, 2.75) is 0 Å². The molecule has 0 saturated carbocycles. The van der Waals surface area contributed by atoms with E-state index in [-0.39, 0.29) is 15.1 Å². The molecule has 0 N–H and O–H groups in total. The molecule has 0 amide bonds. The molecule has 13 heavy (non-hydrogen) atoms. The van der Waals surface area contributed by atoms with Crippen molar-refractivity contribution in [3.63, 3.8) is 0 Å². The summed E-state index contributed by atoms with van der Waals surface area (Å²) < 4.78 is 0. The van der Waals surface area contributed by atoms with Crippen molar-refractivity contribution in [2.75, 3.05) is 0 Å². The summed E-state index contributed by atoms with van der Waals surface area (Å²) in [5, 5.41) is 2.62. The van der Waals surface area contributed by atoms with Gasteiger partial charge in [0.15, 0.2) is 0 Å². The first-order chi connectivity index (χ1) is 6.38. The molecular weight excluding hydrogens is 292 g/mol. The third-order valence-corrected chi connectivity index (χ3v) is 1.66. The molecule has 0 radical (unpaired) electrons. The Morgan fingerprint density at radius 1 is 0.692 bits per heavy atom. The van der Waals surface area contributed by atoms with Crippen LogP contribution in [0.25, 0.3) is 10.8 Å². The van der Waals surface area contributed by atoms with E-state index in [0.29, 0.717) is 0 Å². The number of hydrogen-bond donors (Lipinski definition) is 0. The Bertz CT molecular complexity index is 297. The fourth-order valence-electron chi connectivity index (χ4n) is 1.13. The van der Waals surface area contributed by atoms with E-state index in [1.807, 2.05) is 0 Å². The number of benzene rings is 2. The van der Waals surface area contributed by atoms with Gasteiger partial charge in [-0.15, -0.1) is 0 Å². The standard InChI is InChI=1S/C10H8.2ClH.Ru/c1-2-6-10-8-4-3-7-9(10)5-1;;;/h1-8H;2*1H;/q;;;+2/p-2. The van der Waals surface area contributed by atoms with Crippen molar-refractivity contribution >= 4 is 30.2 Å². The minimum Gasteiger partial charge on any atom is -0.0616 e. The fourth-order valence-corrected chi connectivity index (χ4v) is 1.13. The van der Waals surface area contributed by atoms with Gasteiger partial charge in [0.2, 0.25) is 0 Å². The summed E-state index contributed by atoms with van der Waals surface area (Å²) in [5.74, 6) is 0. The summed E-state index contributed by atoms with van der Waals surface area (Å²) in [5.41, 5.74) is 0. The third-order valence-electron chi connectivity index (χ3n) is 1.66. The van der Waals surface area contributed by atoms with Gasteiger partial charge in [-0.1, -0.05) is 48.5 Å². The molecule has 0 atom stereocenters. The summed E-state index contributed by atoms with van der Waals surface area (Å²) in [6.07, 6.45) is 0. The van der Waals surface area contributed by atoms with E-state index in [2.05, 4.69) is 48.5 Å². The fraction of sp³-hybridized carbons (Fsp3) is 0. The number of hydrogen-bond acceptors (Lipinski definition) is 0. The smallest absolute Gasteiger partial charge is 0.0184 e. The average Bonchev–Trinajstić information content (AvgIpc) is 2.19. The minimum atomic E-state index is -0.346. The van der Waals surface area contributed by atoms with Crippen molar-refractivity contribution in [3.05, 3.63) is 48.5 Å². The predicted octanol–water partition coefficient (Wildman–Crippen LogP) is 4.22. The Morgan fingerprint density at radius 2 is 0.923 bits per heavy atom. The van der Waals surface area contributed by atoms with E-state index in [9.17, 15) is 0 Å². The second-order valence-corrected chi connectivity index (χ2v) is 5.04. The monoisotopic (exact) mass is 300 g/mol. The van der Waals surface area contributed by atoms with Crippen LogP contribution < -0.4 is 0 Å². The van der Waals surface area contributed by atoms with Crippen LogP contribution in [0.3, 0.4) is 0 Å². The predicted molar refractivity (Wildman–Crippen MR) is 55.7 cm³/mol. The van der Waals surface area contributed by atoms with E-state index >= 15 is 0 Å². The number of halogens is 2. The summed E-state index contributed by atoms with van der Waals surface area (Å²) in [6, 6.07) is 16.7. The van der Waals surface area contributed by atoms with Crippen molar-refractivity contribution in [1.82, 2.24) is 0 Å². The maximum absolute atomic E-state index is 4.85. The van der Waals surface area contributed by atoms with Gasteiger partial charge in [-0.05, 0) is 10.8 Å². The molecule has 0 unspecified atom stereocenters. The first-order valence-corrected chi connectivity index (χ1v) is 8.15. The minimum absolute atomic E-state index is 0.346. The van der Waals surface area contributed by atoms with Crippen LogP contribution in [0.5, 0.6) is 0 Å². The normalized spacial score (nSPS) is 9.38. The summed E-state index contributed by atoms with van der Waals surface area (Å²) in [4.78, 5) is 0. The molecule has 70 valence electrons. The average molecular weight is 300 g/mol. The van der Waals surface area contributed by atoms with E-state index in [4.69, 9.17) is 19.4 Å². The second-order valence-electron chi connectivity index (χ2n) is 2.40. The zero-order chi connectivity index (χ0) is 9.52. The SMILES string of the molecule is [Cl][Ru][Cl].c1ccc2ccccc2c1. The Balaban J connectivity index is 0.000000251. The number of fused-ring (bicyclic) bond motifs is 1. The molecule has 0 aliphatic heterocycles. The second kappa shape index (κ2) is 6.37. The topological polar surface area (TPSA) is 0 Å². The first kappa shape index (κ1) is 11.0. The van der Waals surface area contributed by atoms with Crippen LogP contribution >= 0.6 is 19.4 Å². The van der Waals surface area contributed by atoms with Gasteiger partial charge >= 0.3 is 34.5 Å². The van der Waals surface area contributed by atoms with Gasteiger partial charge in [-0.2, -0.15) is 0 Å². The van der Waals surface area contributed by atoms with Crippen molar-refractivity contribution < 1.29 is 15.1 Å². The van der Waals surface area contributed by atoms with E-state index in [0.717, 1.165) is 0 Å².